The molecule has 1 N–H and O–H groups in total. The highest BCUT2D eigenvalue weighted by molar-refractivity contribution is 7.88. The fourth-order valence-corrected chi connectivity index (χ4v) is 3.77. The monoisotopic (exact) mass is 324 g/mol. The fourth-order valence-electron chi connectivity index (χ4n) is 2.85. The van der Waals surface area contributed by atoms with Crippen molar-refractivity contribution in [3.05, 3.63) is 35.9 Å². The Bertz CT molecular complexity index is 601. The molecule has 1 aromatic carbocycles. The average molecular weight is 324 g/mol. The van der Waals surface area contributed by atoms with Crippen molar-refractivity contribution in [2.24, 2.45) is 5.92 Å². The second kappa shape index (κ2) is 7.24. The van der Waals surface area contributed by atoms with Crippen molar-refractivity contribution >= 4 is 15.9 Å². The van der Waals surface area contributed by atoms with Gasteiger partial charge in [0.1, 0.15) is 0 Å². The Morgan fingerprint density at radius 2 is 2.05 bits per heavy atom. The summed E-state index contributed by atoms with van der Waals surface area (Å²) in [6.07, 6.45) is 3.47. The van der Waals surface area contributed by atoms with Crippen LogP contribution in [-0.4, -0.2) is 38.0 Å². The molecule has 122 valence electrons. The van der Waals surface area contributed by atoms with Crippen LogP contribution in [0.25, 0.3) is 0 Å². The van der Waals surface area contributed by atoms with E-state index in [-0.39, 0.29) is 24.4 Å². The van der Waals surface area contributed by atoms with E-state index in [1.807, 2.05) is 37.3 Å². The first-order valence-corrected chi connectivity index (χ1v) is 9.57. The maximum absolute atomic E-state index is 12.5. The molecule has 0 radical (unpaired) electrons. The highest BCUT2D eigenvalue weighted by Gasteiger charge is 2.30. The lowest BCUT2D eigenvalue weighted by molar-refractivity contribution is -0.126. The van der Waals surface area contributed by atoms with Crippen LogP contribution in [0.1, 0.15) is 37.8 Å². The zero-order valence-corrected chi connectivity index (χ0v) is 14.0. The van der Waals surface area contributed by atoms with Crippen molar-refractivity contribution in [1.29, 1.82) is 0 Å². The van der Waals surface area contributed by atoms with Gasteiger partial charge in [0.15, 0.2) is 0 Å². The Labute approximate surface area is 132 Å². The van der Waals surface area contributed by atoms with Crippen molar-refractivity contribution in [2.45, 2.75) is 32.2 Å². The van der Waals surface area contributed by atoms with Gasteiger partial charge in [-0.3, -0.25) is 4.79 Å². The van der Waals surface area contributed by atoms with Crippen LogP contribution in [0.4, 0.5) is 0 Å². The van der Waals surface area contributed by atoms with E-state index in [1.54, 1.807) is 0 Å². The lowest BCUT2D eigenvalue weighted by Crippen LogP contribution is -2.45. The van der Waals surface area contributed by atoms with Crippen LogP contribution >= 0.6 is 0 Å². The van der Waals surface area contributed by atoms with Crippen LogP contribution in [0.15, 0.2) is 30.3 Å². The molecule has 0 aliphatic carbocycles. The van der Waals surface area contributed by atoms with Crippen molar-refractivity contribution in [3.63, 3.8) is 0 Å². The van der Waals surface area contributed by atoms with E-state index >= 15 is 0 Å². The van der Waals surface area contributed by atoms with Gasteiger partial charge < -0.3 is 5.32 Å². The first-order valence-electron chi connectivity index (χ1n) is 7.72. The van der Waals surface area contributed by atoms with E-state index in [4.69, 9.17) is 0 Å². The van der Waals surface area contributed by atoms with E-state index in [0.29, 0.717) is 6.54 Å². The van der Waals surface area contributed by atoms with Crippen LogP contribution in [0.5, 0.6) is 0 Å². The molecular formula is C16H24N2O3S. The molecule has 0 aromatic heterocycles. The molecule has 1 amide bonds. The summed E-state index contributed by atoms with van der Waals surface area (Å²) in [4.78, 5) is 12.5. The highest BCUT2D eigenvalue weighted by atomic mass is 32.2. The molecular weight excluding hydrogens is 300 g/mol. The minimum Gasteiger partial charge on any atom is -0.349 e. The molecule has 1 aliphatic heterocycles. The smallest absolute Gasteiger partial charge is 0.224 e. The van der Waals surface area contributed by atoms with Crippen LogP contribution in [0.3, 0.4) is 0 Å². The van der Waals surface area contributed by atoms with E-state index in [2.05, 4.69) is 5.32 Å². The predicted octanol–water partition coefficient (Wildman–Crippen LogP) is 1.93. The summed E-state index contributed by atoms with van der Waals surface area (Å²) in [5, 5.41) is 3.06. The van der Waals surface area contributed by atoms with Crippen LogP contribution in [0, 0.1) is 5.92 Å². The van der Waals surface area contributed by atoms with Gasteiger partial charge in [-0.15, -0.1) is 0 Å². The highest BCUT2D eigenvalue weighted by Crippen LogP contribution is 2.21. The van der Waals surface area contributed by atoms with Crippen LogP contribution in [0.2, 0.25) is 0 Å². The van der Waals surface area contributed by atoms with Gasteiger partial charge in [0, 0.05) is 13.1 Å². The van der Waals surface area contributed by atoms with Gasteiger partial charge in [0.2, 0.25) is 15.9 Å². The lowest BCUT2D eigenvalue weighted by atomic mass is 9.97. The third-order valence-electron chi connectivity index (χ3n) is 4.15. The summed E-state index contributed by atoms with van der Waals surface area (Å²) < 4.78 is 24.7. The molecule has 0 unspecified atom stereocenters. The number of piperidine rings is 1. The Kier molecular flexibility index (Phi) is 5.58. The normalized spacial score (nSPS) is 21.3. The van der Waals surface area contributed by atoms with Gasteiger partial charge in [0.25, 0.3) is 0 Å². The number of amides is 1. The number of rotatable bonds is 5. The SMILES string of the molecule is CC[C@@H](NC(=O)[C@H]1CCCN(S(C)(=O)=O)C1)c1ccccc1. The van der Waals surface area contributed by atoms with Crippen molar-refractivity contribution in [2.75, 3.05) is 19.3 Å². The number of carbonyl (C=O) groups excluding carboxylic acids is 1. The summed E-state index contributed by atoms with van der Waals surface area (Å²) in [7, 11) is -3.23. The van der Waals surface area contributed by atoms with Crippen molar-refractivity contribution < 1.29 is 13.2 Å². The number of nitrogens with one attached hydrogen (secondary N) is 1. The largest absolute Gasteiger partial charge is 0.349 e. The van der Waals surface area contributed by atoms with Crippen molar-refractivity contribution in [1.82, 2.24) is 9.62 Å². The maximum atomic E-state index is 12.5. The Hall–Kier alpha value is -1.40. The molecule has 1 fully saturated rings. The van der Waals surface area contributed by atoms with E-state index in [1.165, 1.54) is 10.6 Å². The van der Waals surface area contributed by atoms with E-state index in [9.17, 15) is 13.2 Å². The number of sulfonamides is 1. The molecule has 0 saturated carbocycles. The van der Waals surface area contributed by atoms with Gasteiger partial charge >= 0.3 is 0 Å². The van der Waals surface area contributed by atoms with E-state index in [0.717, 1.165) is 24.8 Å². The topological polar surface area (TPSA) is 66.5 Å². The molecule has 1 aromatic rings. The molecule has 0 spiro atoms. The summed E-state index contributed by atoms with van der Waals surface area (Å²) in [6.45, 7) is 2.83. The zero-order chi connectivity index (χ0) is 16.2. The number of hydrogen-bond acceptors (Lipinski definition) is 3. The molecule has 22 heavy (non-hydrogen) atoms. The van der Waals surface area contributed by atoms with Gasteiger partial charge in [-0.05, 0) is 24.8 Å². The van der Waals surface area contributed by atoms with E-state index < -0.39 is 10.0 Å². The second-order valence-corrected chi connectivity index (χ2v) is 7.82. The first-order chi connectivity index (χ1) is 10.4. The van der Waals surface area contributed by atoms with Gasteiger partial charge in [-0.1, -0.05) is 37.3 Å². The number of hydrogen-bond donors (Lipinski definition) is 1. The summed E-state index contributed by atoms with van der Waals surface area (Å²) >= 11 is 0. The van der Waals surface area contributed by atoms with Gasteiger partial charge in [-0.25, -0.2) is 12.7 Å². The predicted molar refractivity (Wildman–Crippen MR) is 86.8 cm³/mol. The number of nitrogens with zero attached hydrogens (tertiary/aromatic N) is 1. The van der Waals surface area contributed by atoms with Crippen LogP contribution in [-0.2, 0) is 14.8 Å². The first kappa shape index (κ1) is 17.0. The molecule has 1 heterocycles. The zero-order valence-electron chi connectivity index (χ0n) is 13.2. The van der Waals surface area contributed by atoms with Crippen molar-refractivity contribution in [3.8, 4) is 0 Å². The number of benzene rings is 1. The Morgan fingerprint density at radius 3 is 2.64 bits per heavy atom. The maximum Gasteiger partial charge on any atom is 0.224 e. The second-order valence-electron chi connectivity index (χ2n) is 5.84. The summed E-state index contributed by atoms with van der Waals surface area (Å²) in [5.41, 5.74) is 1.08. The third-order valence-corrected chi connectivity index (χ3v) is 5.42. The van der Waals surface area contributed by atoms with Gasteiger partial charge in [0.05, 0.1) is 18.2 Å². The molecule has 2 rings (SSSR count). The average Bonchev–Trinajstić information content (AvgIpc) is 2.52. The molecule has 2 atom stereocenters. The quantitative estimate of drug-likeness (QED) is 0.900. The fraction of sp³-hybridized carbons (Fsp3) is 0.562. The number of carbonyl (C=O) groups is 1. The Balaban J connectivity index is 2.02. The minimum absolute atomic E-state index is 0.0256. The standard InChI is InChI=1S/C16H24N2O3S/c1-3-15(13-8-5-4-6-9-13)17-16(19)14-10-7-11-18(12-14)22(2,20)21/h4-6,8-9,14-15H,3,7,10-12H2,1-2H3,(H,17,19)/t14-,15+/m0/s1. The minimum atomic E-state index is -3.23. The molecule has 6 heteroatoms. The third kappa shape index (κ3) is 4.30. The summed E-state index contributed by atoms with van der Waals surface area (Å²) in [6, 6.07) is 9.83. The summed E-state index contributed by atoms with van der Waals surface area (Å²) in [5.74, 6) is -0.315. The lowest BCUT2D eigenvalue weighted by Gasteiger charge is -2.31. The molecule has 0 bridgehead atoms. The Morgan fingerprint density at radius 1 is 1.36 bits per heavy atom. The molecule has 5 nitrogen and oxygen atoms in total. The van der Waals surface area contributed by atoms with Crippen LogP contribution < -0.4 is 5.32 Å². The molecule has 1 saturated heterocycles. The molecule has 1 aliphatic rings. The van der Waals surface area contributed by atoms with Gasteiger partial charge in [-0.2, -0.15) is 0 Å².